The molecule has 4 aromatic rings. The van der Waals surface area contributed by atoms with Gasteiger partial charge in [-0.1, -0.05) is 43.0 Å². The van der Waals surface area contributed by atoms with Gasteiger partial charge in [-0.25, -0.2) is 5.10 Å². The summed E-state index contributed by atoms with van der Waals surface area (Å²) in [5, 5.41) is 21.0. The molecule has 0 atom stereocenters. The Hall–Kier alpha value is -3.72. The monoisotopic (exact) mass is 463 g/mol. The van der Waals surface area contributed by atoms with Gasteiger partial charge in [0.2, 0.25) is 5.91 Å². The van der Waals surface area contributed by atoms with Gasteiger partial charge < -0.3 is 15.6 Å². The normalized spacial score (nSPS) is 14.3. The fraction of sp³-hybridized carbons (Fsp3) is 0.261. The Kier molecular flexibility index (Phi) is 5.78. The minimum atomic E-state index is -0.341. The van der Waals surface area contributed by atoms with Crippen molar-refractivity contribution in [1.29, 1.82) is 0 Å². The summed E-state index contributed by atoms with van der Waals surface area (Å²) in [6.07, 6.45) is 5.21. The Morgan fingerprint density at radius 1 is 1.00 bits per heavy atom. The summed E-state index contributed by atoms with van der Waals surface area (Å²) in [6.45, 7) is 0. The minimum absolute atomic E-state index is 0.0364. The van der Waals surface area contributed by atoms with Crippen LogP contribution in [0.15, 0.2) is 42.5 Å². The van der Waals surface area contributed by atoms with Gasteiger partial charge in [-0.2, -0.15) is 0 Å². The molecule has 9 nitrogen and oxygen atoms in total. The molecule has 2 amide bonds. The number of carbonyl (C=O) groups excluding carboxylic acids is 2. The highest BCUT2D eigenvalue weighted by Crippen LogP contribution is 2.30. The second-order valence-electron chi connectivity index (χ2n) is 8.17. The van der Waals surface area contributed by atoms with E-state index < -0.39 is 0 Å². The molecular formula is C23H22ClN7O2. The molecule has 1 saturated carbocycles. The van der Waals surface area contributed by atoms with Crippen molar-refractivity contribution >= 4 is 45.7 Å². The Bertz CT molecular complexity index is 1310. The summed E-state index contributed by atoms with van der Waals surface area (Å²) in [5.74, 6) is 0.124. The van der Waals surface area contributed by atoms with E-state index >= 15 is 0 Å². The van der Waals surface area contributed by atoms with Gasteiger partial charge >= 0.3 is 0 Å². The number of nitrogens with one attached hydrogen (secondary N) is 4. The second kappa shape index (κ2) is 9.03. The average molecular weight is 464 g/mol. The van der Waals surface area contributed by atoms with Crippen LogP contribution < -0.4 is 10.6 Å². The first-order valence-corrected chi connectivity index (χ1v) is 11.2. The number of aromatic nitrogens is 5. The van der Waals surface area contributed by atoms with Crippen molar-refractivity contribution in [3.63, 3.8) is 0 Å². The zero-order valence-corrected chi connectivity index (χ0v) is 18.4. The molecule has 2 heterocycles. The fourth-order valence-electron chi connectivity index (χ4n) is 4.27. The number of halogens is 1. The SMILES string of the molecule is O=C(Nc1ccc(Cl)cc1-c1nnn[nH]1)c1cc2cccc(NC(=O)C3CCCCC3)c2[nH]1. The van der Waals surface area contributed by atoms with Crippen LogP contribution in [-0.4, -0.2) is 37.4 Å². The minimum Gasteiger partial charge on any atom is -0.349 e. The molecule has 0 saturated heterocycles. The van der Waals surface area contributed by atoms with Crippen LogP contribution in [0.4, 0.5) is 11.4 Å². The van der Waals surface area contributed by atoms with Crippen LogP contribution in [0.3, 0.4) is 0 Å². The number of H-pyrrole nitrogens is 2. The van der Waals surface area contributed by atoms with Gasteiger partial charge in [-0.15, -0.1) is 5.10 Å². The molecule has 0 radical (unpaired) electrons. The number of hydrogen-bond acceptors (Lipinski definition) is 5. The van der Waals surface area contributed by atoms with Crippen LogP contribution in [0, 0.1) is 5.92 Å². The molecular weight excluding hydrogens is 442 g/mol. The lowest BCUT2D eigenvalue weighted by Crippen LogP contribution is -2.24. The number of hydrogen-bond donors (Lipinski definition) is 4. The molecule has 168 valence electrons. The van der Waals surface area contributed by atoms with Crippen molar-refractivity contribution in [3.05, 3.63) is 53.2 Å². The number of fused-ring (bicyclic) bond motifs is 1. The van der Waals surface area contributed by atoms with Crippen LogP contribution >= 0.6 is 11.6 Å². The van der Waals surface area contributed by atoms with Gasteiger partial charge in [0.15, 0.2) is 5.82 Å². The van der Waals surface area contributed by atoms with Gasteiger partial charge in [-0.05, 0) is 53.6 Å². The summed E-state index contributed by atoms with van der Waals surface area (Å²) in [4.78, 5) is 28.9. The molecule has 1 aliphatic carbocycles. The van der Waals surface area contributed by atoms with Crippen molar-refractivity contribution in [2.45, 2.75) is 32.1 Å². The number of carbonyl (C=O) groups is 2. The molecule has 33 heavy (non-hydrogen) atoms. The first-order valence-electron chi connectivity index (χ1n) is 10.9. The molecule has 0 spiro atoms. The first-order chi connectivity index (χ1) is 16.1. The zero-order valence-electron chi connectivity index (χ0n) is 17.7. The summed E-state index contributed by atoms with van der Waals surface area (Å²) in [7, 11) is 0. The van der Waals surface area contributed by atoms with Crippen LogP contribution in [0.2, 0.25) is 5.02 Å². The Morgan fingerprint density at radius 3 is 2.64 bits per heavy atom. The standard InChI is InChI=1S/C23H22ClN7O2/c24-15-9-10-17(16(12-15)21-28-30-31-29-21)26-23(33)19-11-14-7-4-8-18(20(14)25-19)27-22(32)13-5-2-1-3-6-13/h4,7-13,25H,1-3,5-6H2,(H,26,33)(H,27,32)(H,28,29,30,31). The number of para-hydroxylation sites is 1. The smallest absolute Gasteiger partial charge is 0.272 e. The molecule has 10 heteroatoms. The van der Waals surface area contributed by atoms with Gasteiger partial charge in [0.05, 0.1) is 16.9 Å². The number of nitrogens with zero attached hydrogens (tertiary/aromatic N) is 3. The Labute approximate surface area is 194 Å². The lowest BCUT2D eigenvalue weighted by atomic mass is 9.88. The maximum absolute atomic E-state index is 13.0. The maximum Gasteiger partial charge on any atom is 0.272 e. The zero-order chi connectivity index (χ0) is 22.8. The van der Waals surface area contributed by atoms with Crippen molar-refractivity contribution in [1.82, 2.24) is 25.6 Å². The Balaban J connectivity index is 1.39. The Morgan fingerprint density at radius 2 is 1.85 bits per heavy atom. The molecule has 1 fully saturated rings. The lowest BCUT2D eigenvalue weighted by Gasteiger charge is -2.20. The van der Waals surface area contributed by atoms with E-state index in [4.69, 9.17) is 11.6 Å². The van der Waals surface area contributed by atoms with E-state index in [9.17, 15) is 9.59 Å². The molecule has 2 aromatic carbocycles. The third kappa shape index (κ3) is 4.45. The molecule has 0 unspecified atom stereocenters. The maximum atomic E-state index is 13.0. The molecule has 0 bridgehead atoms. The number of aromatic amines is 2. The topological polar surface area (TPSA) is 128 Å². The summed E-state index contributed by atoms with van der Waals surface area (Å²) < 4.78 is 0. The number of rotatable bonds is 5. The van der Waals surface area contributed by atoms with Gasteiger partial charge in [0.1, 0.15) is 5.69 Å². The number of tetrazole rings is 1. The molecule has 0 aliphatic heterocycles. The number of anilines is 2. The molecule has 4 N–H and O–H groups in total. The highest BCUT2D eigenvalue weighted by Gasteiger charge is 2.22. The van der Waals surface area contributed by atoms with Crippen molar-refractivity contribution in [2.24, 2.45) is 5.92 Å². The average Bonchev–Trinajstić information content (AvgIpc) is 3.51. The number of benzene rings is 2. The van der Waals surface area contributed by atoms with Crippen molar-refractivity contribution < 1.29 is 9.59 Å². The summed E-state index contributed by atoms with van der Waals surface area (Å²) >= 11 is 6.12. The van der Waals surface area contributed by atoms with E-state index in [1.807, 2.05) is 18.2 Å². The van der Waals surface area contributed by atoms with Crippen LogP contribution in [0.1, 0.15) is 42.6 Å². The van der Waals surface area contributed by atoms with Crippen molar-refractivity contribution in [3.8, 4) is 11.4 Å². The van der Waals surface area contributed by atoms with Crippen LogP contribution in [0.25, 0.3) is 22.3 Å². The van der Waals surface area contributed by atoms with Gasteiger partial charge in [-0.3, -0.25) is 9.59 Å². The second-order valence-corrected chi connectivity index (χ2v) is 8.61. The molecule has 5 rings (SSSR count). The largest absolute Gasteiger partial charge is 0.349 e. The predicted molar refractivity (Wildman–Crippen MR) is 126 cm³/mol. The lowest BCUT2D eigenvalue weighted by molar-refractivity contribution is -0.120. The van der Waals surface area contributed by atoms with E-state index in [0.29, 0.717) is 39.0 Å². The van der Waals surface area contributed by atoms with Gasteiger partial charge in [0, 0.05) is 21.9 Å². The highest BCUT2D eigenvalue weighted by molar-refractivity contribution is 6.31. The summed E-state index contributed by atoms with van der Waals surface area (Å²) in [6, 6.07) is 12.4. The summed E-state index contributed by atoms with van der Waals surface area (Å²) in [5.41, 5.74) is 2.82. The predicted octanol–water partition coefficient (Wildman–Crippen LogP) is 4.77. The number of amides is 2. The van der Waals surface area contributed by atoms with E-state index in [-0.39, 0.29) is 17.7 Å². The van der Waals surface area contributed by atoms with E-state index in [0.717, 1.165) is 31.1 Å². The van der Waals surface area contributed by atoms with E-state index in [1.54, 1.807) is 24.3 Å². The van der Waals surface area contributed by atoms with E-state index in [1.165, 1.54) is 6.42 Å². The third-order valence-corrected chi connectivity index (χ3v) is 6.20. The third-order valence-electron chi connectivity index (χ3n) is 5.96. The van der Waals surface area contributed by atoms with E-state index in [2.05, 4.69) is 36.2 Å². The van der Waals surface area contributed by atoms with Gasteiger partial charge in [0.25, 0.3) is 5.91 Å². The van der Waals surface area contributed by atoms with Crippen molar-refractivity contribution in [2.75, 3.05) is 10.6 Å². The quantitative estimate of drug-likeness (QED) is 0.339. The fourth-order valence-corrected chi connectivity index (χ4v) is 4.44. The highest BCUT2D eigenvalue weighted by atomic mass is 35.5. The molecule has 2 aromatic heterocycles. The van der Waals surface area contributed by atoms with Crippen LogP contribution in [-0.2, 0) is 4.79 Å². The first kappa shape index (κ1) is 21.1. The molecule has 1 aliphatic rings. The van der Waals surface area contributed by atoms with Crippen LogP contribution in [0.5, 0.6) is 0 Å².